The number of aryl methyl sites for hydroxylation is 2. The number of halogens is 1. The van der Waals surface area contributed by atoms with E-state index in [1.807, 2.05) is 32.0 Å². The summed E-state index contributed by atoms with van der Waals surface area (Å²) in [6.45, 7) is 5.88. The fourth-order valence-electron chi connectivity index (χ4n) is 2.03. The molecule has 0 fully saturated rings. The van der Waals surface area contributed by atoms with Crippen molar-refractivity contribution in [1.82, 2.24) is 14.8 Å². The maximum absolute atomic E-state index is 6.32. The number of benzene rings is 1. The largest absolute Gasteiger partial charge is 0.327 e. The minimum absolute atomic E-state index is 0.152. The summed E-state index contributed by atoms with van der Waals surface area (Å²) in [6.07, 6.45) is 1.74. The molecule has 5 heteroatoms. The lowest BCUT2D eigenvalue weighted by atomic mass is 10.0. The summed E-state index contributed by atoms with van der Waals surface area (Å²) >= 11 is 6.32. The van der Waals surface area contributed by atoms with E-state index in [0.29, 0.717) is 0 Å². The number of hydrogen-bond acceptors (Lipinski definition) is 3. The highest BCUT2D eigenvalue weighted by Crippen LogP contribution is 2.22. The first-order valence-electron chi connectivity index (χ1n) is 6.46. The minimum Gasteiger partial charge on any atom is -0.327 e. The number of nitrogens with zero attached hydrogens (tertiary/aromatic N) is 3. The Morgan fingerprint density at radius 3 is 2.63 bits per heavy atom. The predicted octanol–water partition coefficient (Wildman–Crippen LogP) is 2.82. The van der Waals surface area contributed by atoms with Crippen molar-refractivity contribution in [2.75, 3.05) is 0 Å². The topological polar surface area (TPSA) is 56.7 Å². The molecule has 0 saturated carbocycles. The maximum atomic E-state index is 6.32. The maximum Gasteiger partial charge on any atom is 0.148 e. The smallest absolute Gasteiger partial charge is 0.148 e. The molecule has 2 N–H and O–H groups in total. The van der Waals surface area contributed by atoms with Gasteiger partial charge in [0, 0.05) is 11.1 Å². The van der Waals surface area contributed by atoms with Crippen molar-refractivity contribution in [2.24, 2.45) is 5.73 Å². The van der Waals surface area contributed by atoms with E-state index < -0.39 is 0 Å². The lowest BCUT2D eigenvalue weighted by molar-refractivity contribution is 0.646. The first-order valence-corrected chi connectivity index (χ1v) is 6.83. The van der Waals surface area contributed by atoms with Gasteiger partial charge < -0.3 is 5.73 Å². The average molecular weight is 279 g/mol. The molecule has 0 bridgehead atoms. The van der Waals surface area contributed by atoms with E-state index in [1.165, 1.54) is 0 Å². The van der Waals surface area contributed by atoms with Crippen molar-refractivity contribution in [1.29, 1.82) is 0 Å². The van der Waals surface area contributed by atoms with Gasteiger partial charge >= 0.3 is 0 Å². The van der Waals surface area contributed by atoms with Crippen LogP contribution >= 0.6 is 11.6 Å². The van der Waals surface area contributed by atoms with Crippen LogP contribution in [0.25, 0.3) is 5.69 Å². The van der Waals surface area contributed by atoms with E-state index >= 15 is 0 Å². The predicted molar refractivity (Wildman–Crippen MR) is 77.8 cm³/mol. The molecule has 19 heavy (non-hydrogen) atoms. The van der Waals surface area contributed by atoms with Crippen LogP contribution in [-0.2, 0) is 6.42 Å². The molecule has 2 aromatic rings. The third-order valence-corrected chi connectivity index (χ3v) is 3.51. The Labute approximate surface area is 118 Å². The molecule has 4 nitrogen and oxygen atoms in total. The molecule has 0 saturated heterocycles. The molecule has 1 unspecified atom stereocenters. The zero-order valence-corrected chi connectivity index (χ0v) is 12.3. The summed E-state index contributed by atoms with van der Waals surface area (Å²) in [6, 6.07) is 6.09. The number of rotatable bonds is 4. The Morgan fingerprint density at radius 2 is 2.11 bits per heavy atom. The molecule has 0 aliphatic carbocycles. The Balaban J connectivity index is 2.31. The van der Waals surface area contributed by atoms with Crippen molar-refractivity contribution in [2.45, 2.75) is 39.7 Å². The molecule has 1 aromatic carbocycles. The second-order valence-electron chi connectivity index (χ2n) is 4.77. The van der Waals surface area contributed by atoms with Gasteiger partial charge in [0.05, 0.1) is 5.69 Å². The molecule has 2 rings (SSSR count). The zero-order chi connectivity index (χ0) is 14.0. The van der Waals surface area contributed by atoms with Gasteiger partial charge in [-0.25, -0.2) is 9.67 Å². The average Bonchev–Trinajstić information content (AvgIpc) is 2.71. The monoisotopic (exact) mass is 278 g/mol. The van der Waals surface area contributed by atoms with E-state index in [9.17, 15) is 0 Å². The lowest BCUT2D eigenvalue weighted by Gasteiger charge is -2.11. The Bertz CT molecular complexity index is 577. The van der Waals surface area contributed by atoms with Gasteiger partial charge in [0.15, 0.2) is 0 Å². The van der Waals surface area contributed by atoms with Gasteiger partial charge in [-0.2, -0.15) is 5.10 Å². The van der Waals surface area contributed by atoms with Crippen LogP contribution in [0, 0.1) is 13.8 Å². The highest BCUT2D eigenvalue weighted by Gasteiger charge is 2.09. The van der Waals surface area contributed by atoms with Crippen molar-refractivity contribution in [3.05, 3.63) is 40.4 Å². The van der Waals surface area contributed by atoms with Gasteiger partial charge in [0.1, 0.15) is 11.6 Å². The highest BCUT2D eigenvalue weighted by atomic mass is 35.5. The van der Waals surface area contributed by atoms with Crippen LogP contribution in [0.3, 0.4) is 0 Å². The number of nitrogens with two attached hydrogens (primary N) is 1. The highest BCUT2D eigenvalue weighted by molar-refractivity contribution is 6.31. The molecule has 0 amide bonds. The molecule has 1 aromatic heterocycles. The third-order valence-electron chi connectivity index (χ3n) is 3.16. The Kier molecular flexibility index (Phi) is 4.22. The van der Waals surface area contributed by atoms with Gasteiger partial charge in [0.25, 0.3) is 0 Å². The van der Waals surface area contributed by atoms with Gasteiger partial charge in [-0.15, -0.1) is 0 Å². The summed E-state index contributed by atoms with van der Waals surface area (Å²) in [4.78, 5) is 4.29. The first kappa shape index (κ1) is 14.0. The standard InChI is InChI=1S/C14H19ClN4/c1-4-12(16)7-11-5-6-13(8-14(11)15)19-10(3)17-9(2)18-19/h5-6,8,12H,4,7,16H2,1-3H3. The van der Waals surface area contributed by atoms with E-state index in [4.69, 9.17) is 17.3 Å². The van der Waals surface area contributed by atoms with Gasteiger partial charge in [0.2, 0.25) is 0 Å². The minimum atomic E-state index is 0.152. The lowest BCUT2D eigenvalue weighted by Crippen LogP contribution is -2.21. The summed E-state index contributed by atoms with van der Waals surface area (Å²) in [5.41, 5.74) is 7.97. The summed E-state index contributed by atoms with van der Waals surface area (Å²) in [5, 5.41) is 5.08. The molecular formula is C14H19ClN4. The Hall–Kier alpha value is -1.39. The summed E-state index contributed by atoms with van der Waals surface area (Å²) in [5.74, 6) is 1.61. The molecule has 0 aliphatic heterocycles. The third kappa shape index (κ3) is 3.14. The molecule has 1 heterocycles. The number of hydrogen-bond donors (Lipinski definition) is 1. The molecule has 1 atom stereocenters. The van der Waals surface area contributed by atoms with Crippen LogP contribution in [0.5, 0.6) is 0 Å². The molecule has 0 aliphatic rings. The van der Waals surface area contributed by atoms with E-state index in [1.54, 1.807) is 4.68 Å². The summed E-state index contributed by atoms with van der Waals surface area (Å²) < 4.78 is 1.80. The quantitative estimate of drug-likeness (QED) is 0.936. The van der Waals surface area contributed by atoms with Crippen LogP contribution < -0.4 is 5.73 Å². The van der Waals surface area contributed by atoms with Crippen molar-refractivity contribution < 1.29 is 0 Å². The molecule has 0 radical (unpaired) electrons. The van der Waals surface area contributed by atoms with Gasteiger partial charge in [-0.3, -0.25) is 0 Å². The van der Waals surface area contributed by atoms with E-state index in [0.717, 1.165) is 40.8 Å². The SMILES string of the molecule is CCC(N)Cc1ccc(-n2nc(C)nc2C)cc1Cl. The van der Waals surface area contributed by atoms with Crippen LogP contribution in [0.1, 0.15) is 30.6 Å². The van der Waals surface area contributed by atoms with Crippen LogP contribution in [-0.4, -0.2) is 20.8 Å². The number of aromatic nitrogens is 3. The normalized spacial score (nSPS) is 12.7. The molecule has 0 spiro atoms. The van der Waals surface area contributed by atoms with Crippen LogP contribution in [0.15, 0.2) is 18.2 Å². The van der Waals surface area contributed by atoms with E-state index in [2.05, 4.69) is 17.0 Å². The van der Waals surface area contributed by atoms with Crippen LogP contribution in [0.4, 0.5) is 0 Å². The second-order valence-corrected chi connectivity index (χ2v) is 5.17. The van der Waals surface area contributed by atoms with Crippen molar-refractivity contribution in [3.8, 4) is 5.69 Å². The van der Waals surface area contributed by atoms with Crippen molar-refractivity contribution in [3.63, 3.8) is 0 Å². The van der Waals surface area contributed by atoms with Crippen LogP contribution in [0.2, 0.25) is 5.02 Å². The molecular weight excluding hydrogens is 260 g/mol. The van der Waals surface area contributed by atoms with Crippen molar-refractivity contribution >= 4 is 11.6 Å². The Morgan fingerprint density at radius 1 is 1.37 bits per heavy atom. The van der Waals surface area contributed by atoms with Gasteiger partial charge in [-0.1, -0.05) is 24.6 Å². The summed E-state index contributed by atoms with van der Waals surface area (Å²) in [7, 11) is 0. The van der Waals surface area contributed by atoms with Gasteiger partial charge in [-0.05, 0) is 44.4 Å². The second kappa shape index (κ2) is 5.72. The fraction of sp³-hybridized carbons (Fsp3) is 0.429. The first-order chi connectivity index (χ1) is 9.01. The fourth-order valence-corrected chi connectivity index (χ4v) is 2.28. The zero-order valence-electron chi connectivity index (χ0n) is 11.5. The molecule has 102 valence electrons. The van der Waals surface area contributed by atoms with E-state index in [-0.39, 0.29) is 6.04 Å².